The molecule has 2 heterocycles. The Labute approximate surface area is 158 Å². The summed E-state index contributed by atoms with van der Waals surface area (Å²) in [4.78, 5) is 30.1. The van der Waals surface area contributed by atoms with E-state index >= 15 is 0 Å². The van der Waals surface area contributed by atoms with E-state index in [1.54, 1.807) is 19.2 Å². The highest BCUT2D eigenvalue weighted by Crippen LogP contribution is 2.38. The van der Waals surface area contributed by atoms with Gasteiger partial charge in [-0.2, -0.15) is 0 Å². The highest BCUT2D eigenvalue weighted by atomic mass is 16.5. The smallest absolute Gasteiger partial charge is 0.282 e. The minimum atomic E-state index is -0.295. The largest absolute Gasteiger partial charge is 0.496 e. The molecule has 2 aromatic rings. The van der Waals surface area contributed by atoms with Crippen molar-refractivity contribution in [2.45, 2.75) is 19.3 Å². The molecule has 0 saturated carbocycles. The van der Waals surface area contributed by atoms with Gasteiger partial charge in [0.1, 0.15) is 11.4 Å². The van der Waals surface area contributed by atoms with Crippen LogP contribution in [-0.2, 0) is 9.59 Å². The van der Waals surface area contributed by atoms with E-state index in [9.17, 15) is 9.59 Å². The van der Waals surface area contributed by atoms with Crippen LogP contribution in [0.2, 0.25) is 0 Å². The van der Waals surface area contributed by atoms with Gasteiger partial charge in [-0.3, -0.25) is 9.59 Å². The SMILES string of the molecule is COc1ccccc1C1=C(N2CCCCC2)C(=O)N(c2ccccc2)C1=O. The maximum absolute atomic E-state index is 13.4. The lowest BCUT2D eigenvalue weighted by Gasteiger charge is -2.29. The first kappa shape index (κ1) is 17.3. The summed E-state index contributed by atoms with van der Waals surface area (Å²) in [6, 6.07) is 16.5. The number of methoxy groups -OCH3 is 1. The Kier molecular flexibility index (Phi) is 4.67. The molecule has 1 saturated heterocycles. The lowest BCUT2D eigenvalue weighted by molar-refractivity contribution is -0.120. The third-order valence-corrected chi connectivity index (χ3v) is 5.12. The van der Waals surface area contributed by atoms with E-state index < -0.39 is 0 Å². The molecular weight excluding hydrogens is 340 g/mol. The van der Waals surface area contributed by atoms with Crippen LogP contribution in [0.1, 0.15) is 24.8 Å². The fourth-order valence-corrected chi connectivity index (χ4v) is 3.83. The van der Waals surface area contributed by atoms with E-state index in [0.29, 0.717) is 28.3 Å². The average molecular weight is 362 g/mol. The number of amides is 2. The number of para-hydroxylation sites is 2. The summed E-state index contributed by atoms with van der Waals surface area (Å²) in [5.41, 5.74) is 2.18. The van der Waals surface area contributed by atoms with E-state index in [1.807, 2.05) is 42.5 Å². The Morgan fingerprint density at radius 3 is 2.19 bits per heavy atom. The summed E-state index contributed by atoms with van der Waals surface area (Å²) >= 11 is 0. The summed E-state index contributed by atoms with van der Waals surface area (Å²) in [5.74, 6) is 0.0448. The van der Waals surface area contributed by atoms with Gasteiger partial charge in [0.2, 0.25) is 0 Å². The number of rotatable bonds is 4. The zero-order chi connectivity index (χ0) is 18.8. The molecule has 0 N–H and O–H groups in total. The molecule has 0 unspecified atom stereocenters. The number of carbonyl (C=O) groups is 2. The van der Waals surface area contributed by atoms with Crippen molar-refractivity contribution in [3.05, 3.63) is 65.9 Å². The van der Waals surface area contributed by atoms with Gasteiger partial charge in [0.05, 0.1) is 18.4 Å². The molecule has 2 aliphatic heterocycles. The molecule has 5 nitrogen and oxygen atoms in total. The Morgan fingerprint density at radius 1 is 0.815 bits per heavy atom. The van der Waals surface area contributed by atoms with Crippen molar-refractivity contribution >= 4 is 23.1 Å². The fraction of sp³-hybridized carbons (Fsp3) is 0.273. The number of carbonyl (C=O) groups excluding carboxylic acids is 2. The molecule has 0 bridgehead atoms. The number of hydrogen-bond donors (Lipinski definition) is 0. The molecule has 0 aromatic heterocycles. The zero-order valence-electron chi connectivity index (χ0n) is 15.4. The summed E-state index contributed by atoms with van der Waals surface area (Å²) < 4.78 is 5.48. The van der Waals surface area contributed by atoms with Crippen molar-refractivity contribution < 1.29 is 14.3 Å². The number of ether oxygens (including phenoxy) is 1. The van der Waals surface area contributed by atoms with Gasteiger partial charge in [-0.15, -0.1) is 0 Å². The van der Waals surface area contributed by atoms with Crippen LogP contribution in [0.15, 0.2) is 60.3 Å². The van der Waals surface area contributed by atoms with Crippen LogP contribution in [0, 0.1) is 0 Å². The van der Waals surface area contributed by atoms with Crippen LogP contribution in [0.3, 0.4) is 0 Å². The average Bonchev–Trinajstić information content (AvgIpc) is 2.99. The Morgan fingerprint density at radius 2 is 1.48 bits per heavy atom. The van der Waals surface area contributed by atoms with Gasteiger partial charge in [0.25, 0.3) is 11.8 Å². The highest BCUT2D eigenvalue weighted by molar-refractivity contribution is 6.45. The third-order valence-electron chi connectivity index (χ3n) is 5.12. The second-order valence-corrected chi connectivity index (χ2v) is 6.75. The third kappa shape index (κ3) is 2.99. The van der Waals surface area contributed by atoms with Crippen molar-refractivity contribution in [1.29, 1.82) is 0 Å². The maximum atomic E-state index is 13.4. The van der Waals surface area contributed by atoms with Crippen LogP contribution < -0.4 is 9.64 Å². The lowest BCUT2D eigenvalue weighted by atomic mass is 10.0. The van der Waals surface area contributed by atoms with Gasteiger partial charge in [0.15, 0.2) is 0 Å². The summed E-state index contributed by atoms with van der Waals surface area (Å²) in [5, 5.41) is 0. The monoisotopic (exact) mass is 362 g/mol. The first-order valence-corrected chi connectivity index (χ1v) is 9.29. The van der Waals surface area contributed by atoms with Crippen molar-refractivity contribution in [3.8, 4) is 5.75 Å². The molecule has 2 amide bonds. The van der Waals surface area contributed by atoms with Crippen molar-refractivity contribution in [2.24, 2.45) is 0 Å². The van der Waals surface area contributed by atoms with Gasteiger partial charge in [-0.05, 0) is 37.5 Å². The molecule has 0 atom stereocenters. The first-order valence-electron chi connectivity index (χ1n) is 9.29. The van der Waals surface area contributed by atoms with Gasteiger partial charge < -0.3 is 9.64 Å². The van der Waals surface area contributed by atoms with Crippen molar-refractivity contribution in [1.82, 2.24) is 4.90 Å². The highest BCUT2D eigenvalue weighted by Gasteiger charge is 2.43. The quantitative estimate of drug-likeness (QED) is 0.782. The van der Waals surface area contributed by atoms with E-state index in [0.717, 1.165) is 32.4 Å². The molecule has 2 aliphatic rings. The van der Waals surface area contributed by atoms with Crippen LogP contribution in [-0.4, -0.2) is 36.9 Å². The number of hydrogen-bond acceptors (Lipinski definition) is 4. The number of nitrogens with zero attached hydrogens (tertiary/aromatic N) is 2. The number of piperidine rings is 1. The van der Waals surface area contributed by atoms with Crippen molar-refractivity contribution in [2.75, 3.05) is 25.1 Å². The number of imide groups is 1. The van der Waals surface area contributed by atoms with Crippen LogP contribution in [0.4, 0.5) is 5.69 Å². The number of benzene rings is 2. The van der Waals surface area contributed by atoms with Crippen LogP contribution in [0.25, 0.3) is 5.57 Å². The van der Waals surface area contributed by atoms with E-state index in [1.165, 1.54) is 4.90 Å². The van der Waals surface area contributed by atoms with E-state index in [2.05, 4.69) is 4.90 Å². The Balaban J connectivity index is 1.87. The second-order valence-electron chi connectivity index (χ2n) is 6.75. The minimum Gasteiger partial charge on any atom is -0.496 e. The maximum Gasteiger partial charge on any atom is 0.282 e. The Hall–Kier alpha value is -3.08. The molecule has 1 fully saturated rings. The molecule has 5 heteroatoms. The summed E-state index contributed by atoms with van der Waals surface area (Å²) in [6.45, 7) is 1.57. The summed E-state index contributed by atoms with van der Waals surface area (Å²) in [7, 11) is 1.58. The molecule has 0 aliphatic carbocycles. The second kappa shape index (κ2) is 7.27. The normalized spacial score (nSPS) is 17.7. The van der Waals surface area contributed by atoms with Crippen LogP contribution >= 0.6 is 0 Å². The molecule has 138 valence electrons. The number of likely N-dealkylation sites (tertiary alicyclic amines) is 1. The molecule has 0 radical (unpaired) electrons. The lowest BCUT2D eigenvalue weighted by Crippen LogP contribution is -2.37. The topological polar surface area (TPSA) is 49.9 Å². The van der Waals surface area contributed by atoms with Gasteiger partial charge in [-0.1, -0.05) is 36.4 Å². The fourth-order valence-electron chi connectivity index (χ4n) is 3.83. The minimum absolute atomic E-state index is 0.256. The van der Waals surface area contributed by atoms with E-state index in [-0.39, 0.29) is 11.8 Å². The molecular formula is C22H22N2O3. The standard InChI is InChI=1S/C22H22N2O3/c1-27-18-13-7-6-12-17(18)19-20(23-14-8-3-9-15-23)22(26)24(21(19)25)16-10-4-2-5-11-16/h2,4-7,10-13H,3,8-9,14-15H2,1H3. The summed E-state index contributed by atoms with van der Waals surface area (Å²) in [6.07, 6.45) is 3.20. The van der Waals surface area contributed by atoms with E-state index in [4.69, 9.17) is 4.74 Å². The molecule has 27 heavy (non-hydrogen) atoms. The van der Waals surface area contributed by atoms with Gasteiger partial charge in [0, 0.05) is 18.7 Å². The molecule has 0 spiro atoms. The first-order chi connectivity index (χ1) is 13.2. The zero-order valence-corrected chi connectivity index (χ0v) is 15.4. The van der Waals surface area contributed by atoms with Crippen molar-refractivity contribution in [3.63, 3.8) is 0 Å². The van der Waals surface area contributed by atoms with Gasteiger partial charge >= 0.3 is 0 Å². The number of anilines is 1. The molecule has 4 rings (SSSR count). The van der Waals surface area contributed by atoms with Crippen LogP contribution in [0.5, 0.6) is 5.75 Å². The predicted octanol–water partition coefficient (Wildman–Crippen LogP) is 3.47. The Bertz CT molecular complexity index is 899. The molecule has 2 aromatic carbocycles. The predicted molar refractivity (Wildman–Crippen MR) is 104 cm³/mol. The van der Waals surface area contributed by atoms with Gasteiger partial charge in [-0.25, -0.2) is 4.90 Å².